The average Bonchev–Trinajstić information content (AvgIpc) is 2.65. The van der Waals surface area contributed by atoms with Crippen molar-refractivity contribution in [2.45, 2.75) is 13.1 Å². The predicted molar refractivity (Wildman–Crippen MR) is 105 cm³/mol. The molecule has 29 heavy (non-hydrogen) atoms. The normalized spacial score (nSPS) is 12.8. The van der Waals surface area contributed by atoms with E-state index in [-0.39, 0.29) is 0 Å². The molecule has 0 saturated carbocycles. The number of carbonyl (C=O) groups is 1. The Balaban J connectivity index is 2.12. The quantitative estimate of drug-likeness (QED) is 0.273. The number of nitrogens with one attached hydrogen (secondary N) is 1. The molecule has 0 fully saturated rings. The monoisotopic (exact) mass is 428 g/mol. The molecule has 0 bridgehead atoms. The maximum absolute atomic E-state index is 13.6. The minimum Gasteiger partial charge on any atom is -0.349 e. The van der Waals surface area contributed by atoms with E-state index in [1.165, 1.54) is 17.8 Å². The first-order chi connectivity index (χ1) is 13.6. The smallest absolute Gasteiger partial charge is 0.349 e. The highest BCUT2D eigenvalue weighted by atomic mass is 32.2. The summed E-state index contributed by atoms with van der Waals surface area (Å²) in [5.41, 5.74) is -0.550. The number of benzene rings is 2. The minimum atomic E-state index is -4.45. The zero-order valence-electron chi connectivity index (χ0n) is 15.5. The third-order valence-corrected chi connectivity index (χ3v) is 4.80. The van der Waals surface area contributed by atoms with Crippen LogP contribution >= 0.6 is 11.8 Å². The number of nitrogens with zero attached hydrogens (tertiary/aromatic N) is 1. The van der Waals surface area contributed by atoms with Gasteiger partial charge >= 0.3 is 6.18 Å². The van der Waals surface area contributed by atoms with Gasteiger partial charge in [-0.2, -0.15) is 13.2 Å². The topological polar surface area (TPSA) is 41.5 Å². The van der Waals surface area contributed by atoms with Crippen molar-refractivity contribution in [1.82, 2.24) is 5.32 Å². The van der Waals surface area contributed by atoms with E-state index in [1.807, 2.05) is 0 Å². The van der Waals surface area contributed by atoms with Gasteiger partial charge in [0.05, 0.1) is 17.5 Å². The van der Waals surface area contributed by atoms with Gasteiger partial charge in [-0.15, -0.1) is 11.8 Å². The van der Waals surface area contributed by atoms with E-state index in [1.54, 1.807) is 19.2 Å². The molecule has 154 valence electrons. The summed E-state index contributed by atoms with van der Waals surface area (Å²) in [6.07, 6.45) is -1.58. The lowest BCUT2D eigenvalue weighted by atomic mass is 10.1. The van der Waals surface area contributed by atoms with Crippen molar-refractivity contribution < 1.29 is 26.7 Å². The first-order valence-electron chi connectivity index (χ1n) is 8.29. The Bertz CT molecular complexity index is 934. The molecule has 0 spiro atoms. The van der Waals surface area contributed by atoms with E-state index in [2.05, 4.69) is 10.3 Å². The summed E-state index contributed by atoms with van der Waals surface area (Å²) in [7, 11) is 0. The Morgan fingerprint density at radius 1 is 1.14 bits per heavy atom. The number of carbonyl (C=O) groups excluding carboxylic acids is 1. The SMILES string of the molecule is CS/C(=C(/C)NC=NCC(=O)c1c(F)cccc1F)c1cccc(C(F)(F)F)c1. The molecule has 2 rings (SSSR count). The molecule has 0 aromatic heterocycles. The van der Waals surface area contributed by atoms with E-state index in [9.17, 15) is 26.7 Å². The molecule has 2 aromatic rings. The summed E-state index contributed by atoms with van der Waals surface area (Å²) in [5.74, 6) is -2.77. The fraction of sp³-hybridized carbons (Fsp3) is 0.200. The molecule has 9 heteroatoms. The second-order valence-corrected chi connectivity index (χ2v) is 6.69. The largest absolute Gasteiger partial charge is 0.416 e. The van der Waals surface area contributed by atoms with Gasteiger partial charge in [-0.25, -0.2) is 8.78 Å². The van der Waals surface area contributed by atoms with Crippen LogP contribution in [0.2, 0.25) is 0 Å². The molecule has 0 unspecified atom stereocenters. The van der Waals surface area contributed by atoms with Gasteiger partial charge < -0.3 is 5.32 Å². The third-order valence-electron chi connectivity index (χ3n) is 3.85. The molecule has 2 aromatic carbocycles. The van der Waals surface area contributed by atoms with Crippen molar-refractivity contribution in [2.75, 3.05) is 12.8 Å². The summed E-state index contributed by atoms with van der Waals surface area (Å²) >= 11 is 1.24. The van der Waals surface area contributed by atoms with Crippen LogP contribution in [-0.4, -0.2) is 24.9 Å². The summed E-state index contributed by atoms with van der Waals surface area (Å²) in [5, 5.41) is 2.77. The maximum atomic E-state index is 13.6. The molecule has 0 saturated heterocycles. The zero-order valence-corrected chi connectivity index (χ0v) is 16.3. The second kappa shape index (κ2) is 9.69. The van der Waals surface area contributed by atoms with Gasteiger partial charge in [-0.3, -0.25) is 9.79 Å². The van der Waals surface area contributed by atoms with Crippen molar-refractivity contribution in [3.8, 4) is 0 Å². The van der Waals surface area contributed by atoms with Gasteiger partial charge in [-0.1, -0.05) is 18.2 Å². The van der Waals surface area contributed by atoms with Crippen molar-refractivity contribution in [1.29, 1.82) is 0 Å². The summed E-state index contributed by atoms with van der Waals surface area (Å²) in [4.78, 5) is 16.3. The van der Waals surface area contributed by atoms with Gasteiger partial charge in [0.25, 0.3) is 0 Å². The molecule has 0 heterocycles. The van der Waals surface area contributed by atoms with Crippen LogP contribution < -0.4 is 5.32 Å². The third kappa shape index (κ3) is 5.90. The molecule has 0 atom stereocenters. The molecular weight excluding hydrogens is 411 g/mol. The highest BCUT2D eigenvalue weighted by Gasteiger charge is 2.30. The summed E-state index contributed by atoms with van der Waals surface area (Å²) in [6.45, 7) is 1.15. The second-order valence-electron chi connectivity index (χ2n) is 5.87. The van der Waals surface area contributed by atoms with E-state index >= 15 is 0 Å². The fourth-order valence-electron chi connectivity index (χ4n) is 2.50. The lowest BCUT2D eigenvalue weighted by Crippen LogP contribution is -2.13. The van der Waals surface area contributed by atoms with Gasteiger partial charge in [0.2, 0.25) is 0 Å². The predicted octanol–water partition coefficient (Wildman–Crippen LogP) is 5.54. The van der Waals surface area contributed by atoms with Crippen LogP contribution in [0.15, 0.2) is 53.2 Å². The van der Waals surface area contributed by atoms with Crippen LogP contribution in [0.4, 0.5) is 22.0 Å². The summed E-state index contributed by atoms with van der Waals surface area (Å²) < 4.78 is 65.9. The van der Waals surface area contributed by atoms with Crippen molar-refractivity contribution in [3.63, 3.8) is 0 Å². The van der Waals surface area contributed by atoms with Crippen molar-refractivity contribution in [3.05, 3.63) is 76.5 Å². The van der Waals surface area contributed by atoms with E-state index in [0.29, 0.717) is 16.2 Å². The number of ketones is 1. The highest BCUT2D eigenvalue weighted by molar-refractivity contribution is 8.07. The number of halogens is 5. The lowest BCUT2D eigenvalue weighted by Gasteiger charge is -2.13. The molecule has 0 aliphatic heterocycles. The van der Waals surface area contributed by atoms with Crippen molar-refractivity contribution in [2.24, 2.45) is 4.99 Å². The Kier molecular flexibility index (Phi) is 7.55. The van der Waals surface area contributed by atoms with Gasteiger partial charge in [0.15, 0.2) is 5.78 Å². The molecule has 3 nitrogen and oxygen atoms in total. The molecular formula is C20H17F5N2OS. The average molecular weight is 428 g/mol. The Morgan fingerprint density at radius 3 is 2.34 bits per heavy atom. The Labute approximate surface area is 168 Å². The number of alkyl halides is 3. The highest BCUT2D eigenvalue weighted by Crippen LogP contribution is 2.34. The fourth-order valence-corrected chi connectivity index (χ4v) is 3.23. The molecule has 1 N–H and O–H groups in total. The first-order valence-corrected chi connectivity index (χ1v) is 9.52. The molecule has 0 aliphatic carbocycles. The number of rotatable bonds is 7. The van der Waals surface area contributed by atoms with Crippen molar-refractivity contribution >= 4 is 28.8 Å². The van der Waals surface area contributed by atoms with Gasteiger partial charge in [-0.05, 0) is 43.0 Å². The molecule has 0 amide bonds. The number of aliphatic imine (C=N–C) groups is 1. The number of Topliss-reactive ketones (excluding diaryl/α,β-unsaturated/α-hetero) is 1. The minimum absolute atomic E-state index is 0.371. The Hall–Kier alpha value is -2.68. The number of allylic oxidation sites excluding steroid dienone is 1. The van der Waals surface area contributed by atoms with Gasteiger partial charge in [0, 0.05) is 10.6 Å². The number of hydrogen-bond acceptors (Lipinski definition) is 3. The van der Waals surface area contributed by atoms with Crippen LogP contribution in [-0.2, 0) is 6.18 Å². The number of thioether (sulfide) groups is 1. The standard InChI is InChI=1S/C20H17F5N2OS/c1-12(19(29-2)13-5-3-6-14(9-13)20(23,24)25)27-11-26-10-17(28)18-15(21)7-4-8-16(18)22/h3-9,11H,10H2,1-2H3,(H,26,27)/b19-12-. The van der Waals surface area contributed by atoms with Crippen LogP contribution in [0, 0.1) is 11.6 Å². The van der Waals surface area contributed by atoms with Crippen LogP contribution in [0.3, 0.4) is 0 Å². The van der Waals surface area contributed by atoms with E-state index in [0.717, 1.165) is 36.7 Å². The van der Waals surface area contributed by atoms with Crippen LogP contribution in [0.1, 0.15) is 28.4 Å². The first kappa shape index (κ1) is 22.6. The lowest BCUT2D eigenvalue weighted by molar-refractivity contribution is -0.137. The molecule has 0 aliphatic rings. The van der Waals surface area contributed by atoms with E-state index in [4.69, 9.17) is 0 Å². The van der Waals surface area contributed by atoms with Crippen LogP contribution in [0.5, 0.6) is 0 Å². The molecule has 0 radical (unpaired) electrons. The maximum Gasteiger partial charge on any atom is 0.416 e. The zero-order chi connectivity index (χ0) is 21.6. The summed E-state index contributed by atoms with van der Waals surface area (Å²) in [6, 6.07) is 8.00. The number of hydrogen-bond donors (Lipinski definition) is 1. The Morgan fingerprint density at radius 2 is 1.76 bits per heavy atom. The van der Waals surface area contributed by atoms with Crippen LogP contribution in [0.25, 0.3) is 4.91 Å². The van der Waals surface area contributed by atoms with E-state index < -0.39 is 41.3 Å². The van der Waals surface area contributed by atoms with Gasteiger partial charge in [0.1, 0.15) is 18.2 Å².